The van der Waals surface area contributed by atoms with E-state index >= 15 is 0 Å². The van der Waals surface area contributed by atoms with Crippen molar-refractivity contribution in [3.8, 4) is 11.5 Å². The maximum atomic E-state index is 10.6. The van der Waals surface area contributed by atoms with Gasteiger partial charge in [-0.3, -0.25) is 0 Å². The Hall–Kier alpha value is -0.993. The van der Waals surface area contributed by atoms with E-state index in [9.17, 15) is 9.90 Å². The number of aliphatic hydroxyl groups excluding tert-OH is 1. The SMILES string of the molecule is C[Si](C)(C)C#CC[C@H](O)[C@H]1COC(=O)O1. The van der Waals surface area contributed by atoms with Crippen LogP contribution in [0, 0.1) is 11.5 Å². The van der Waals surface area contributed by atoms with Crippen LogP contribution in [0.25, 0.3) is 0 Å². The van der Waals surface area contributed by atoms with Gasteiger partial charge < -0.3 is 14.6 Å². The Morgan fingerprint density at radius 3 is 2.73 bits per heavy atom. The van der Waals surface area contributed by atoms with Crippen LogP contribution >= 0.6 is 0 Å². The fourth-order valence-corrected chi connectivity index (χ4v) is 1.72. The number of hydrogen-bond acceptors (Lipinski definition) is 4. The predicted molar refractivity (Wildman–Crippen MR) is 58.0 cm³/mol. The summed E-state index contributed by atoms with van der Waals surface area (Å²) in [7, 11) is -1.39. The van der Waals surface area contributed by atoms with Crippen LogP contribution in [0.15, 0.2) is 0 Å². The predicted octanol–water partition coefficient (Wildman–Crippen LogP) is 1.15. The third-order valence-electron chi connectivity index (χ3n) is 1.82. The van der Waals surface area contributed by atoms with Gasteiger partial charge in [-0.25, -0.2) is 4.79 Å². The summed E-state index contributed by atoms with van der Waals surface area (Å²) in [5, 5.41) is 9.62. The molecule has 15 heavy (non-hydrogen) atoms. The summed E-state index contributed by atoms with van der Waals surface area (Å²) in [6.07, 6.45) is -1.70. The van der Waals surface area contributed by atoms with Gasteiger partial charge >= 0.3 is 6.16 Å². The van der Waals surface area contributed by atoms with Gasteiger partial charge in [0.2, 0.25) is 0 Å². The van der Waals surface area contributed by atoms with E-state index in [4.69, 9.17) is 4.74 Å². The minimum atomic E-state index is -1.39. The van der Waals surface area contributed by atoms with Crippen LogP contribution < -0.4 is 0 Å². The van der Waals surface area contributed by atoms with Gasteiger partial charge in [-0.2, -0.15) is 0 Å². The molecule has 0 saturated carbocycles. The van der Waals surface area contributed by atoms with Crippen LogP contribution in [0.1, 0.15) is 6.42 Å². The summed E-state index contributed by atoms with van der Waals surface area (Å²) in [4.78, 5) is 10.6. The highest BCUT2D eigenvalue weighted by Gasteiger charge is 2.30. The van der Waals surface area contributed by atoms with Gasteiger partial charge in [0, 0.05) is 6.42 Å². The van der Waals surface area contributed by atoms with Crippen molar-refractivity contribution >= 4 is 14.2 Å². The molecule has 0 aromatic heterocycles. The summed E-state index contributed by atoms with van der Waals surface area (Å²) in [5.74, 6) is 2.93. The second kappa shape index (κ2) is 4.68. The first-order chi connectivity index (χ1) is 6.88. The molecule has 0 radical (unpaired) electrons. The fraction of sp³-hybridized carbons (Fsp3) is 0.700. The fourth-order valence-electron chi connectivity index (χ4n) is 1.08. The zero-order valence-electron chi connectivity index (χ0n) is 9.24. The highest BCUT2D eigenvalue weighted by atomic mass is 28.3. The van der Waals surface area contributed by atoms with E-state index in [2.05, 4.69) is 35.8 Å². The molecule has 0 aromatic carbocycles. The Bertz CT molecular complexity index is 297. The van der Waals surface area contributed by atoms with Gasteiger partial charge in [-0.1, -0.05) is 19.6 Å². The molecule has 1 fully saturated rings. The Morgan fingerprint density at radius 2 is 2.27 bits per heavy atom. The number of carbonyl (C=O) groups excluding carboxylic acids is 1. The van der Waals surface area contributed by atoms with Crippen LogP contribution in [-0.4, -0.2) is 38.2 Å². The molecule has 1 saturated heterocycles. The zero-order chi connectivity index (χ0) is 11.5. The van der Waals surface area contributed by atoms with Crippen molar-refractivity contribution in [3.63, 3.8) is 0 Å². The quantitative estimate of drug-likeness (QED) is 0.437. The van der Waals surface area contributed by atoms with Gasteiger partial charge in [0.05, 0.1) is 0 Å². The molecule has 0 aromatic rings. The third-order valence-corrected chi connectivity index (χ3v) is 2.74. The first-order valence-electron chi connectivity index (χ1n) is 4.90. The number of aliphatic hydroxyl groups is 1. The van der Waals surface area contributed by atoms with Gasteiger partial charge in [-0.05, 0) is 0 Å². The van der Waals surface area contributed by atoms with Crippen molar-refractivity contribution in [2.75, 3.05) is 6.61 Å². The topological polar surface area (TPSA) is 55.8 Å². The first-order valence-corrected chi connectivity index (χ1v) is 8.40. The highest BCUT2D eigenvalue weighted by molar-refractivity contribution is 6.83. The molecule has 0 amide bonds. The number of carbonyl (C=O) groups is 1. The van der Waals surface area contributed by atoms with Crippen LogP contribution in [0.3, 0.4) is 0 Å². The lowest BCUT2D eigenvalue weighted by Gasteiger charge is -2.11. The Balaban J connectivity index is 2.38. The highest BCUT2D eigenvalue weighted by Crippen LogP contribution is 2.12. The molecule has 1 aliphatic rings. The van der Waals surface area contributed by atoms with Crippen LogP contribution in [0.2, 0.25) is 19.6 Å². The standard InChI is InChI=1S/C10H16O4Si/c1-15(2,3)6-4-5-8(11)9-7-13-10(12)14-9/h8-9,11H,5,7H2,1-3H3/t8-,9+/m0/s1. The summed E-state index contributed by atoms with van der Waals surface area (Å²) in [5.41, 5.74) is 3.14. The van der Waals surface area contributed by atoms with Crippen molar-refractivity contribution < 1.29 is 19.4 Å². The van der Waals surface area contributed by atoms with E-state index in [-0.39, 0.29) is 6.61 Å². The number of ether oxygens (including phenoxy) is 2. The van der Waals surface area contributed by atoms with Crippen molar-refractivity contribution in [1.29, 1.82) is 0 Å². The summed E-state index contributed by atoms with van der Waals surface area (Å²) in [6.45, 7) is 6.51. The maximum absolute atomic E-state index is 10.6. The van der Waals surface area contributed by atoms with E-state index < -0.39 is 26.4 Å². The largest absolute Gasteiger partial charge is 0.508 e. The Labute approximate surface area is 90.6 Å². The second-order valence-electron chi connectivity index (χ2n) is 4.54. The normalized spacial score (nSPS) is 22.4. The number of cyclic esters (lactones) is 2. The lowest BCUT2D eigenvalue weighted by Crippen LogP contribution is -2.28. The minimum absolute atomic E-state index is 0.120. The second-order valence-corrected chi connectivity index (χ2v) is 9.29. The molecular formula is C10H16O4Si. The van der Waals surface area contributed by atoms with Gasteiger partial charge in [-0.15, -0.1) is 11.5 Å². The molecule has 0 spiro atoms. The monoisotopic (exact) mass is 228 g/mol. The third kappa shape index (κ3) is 4.36. The molecule has 2 atom stereocenters. The maximum Gasteiger partial charge on any atom is 0.508 e. The molecule has 5 heteroatoms. The smallest absolute Gasteiger partial charge is 0.430 e. The Morgan fingerprint density at radius 1 is 1.60 bits per heavy atom. The van der Waals surface area contributed by atoms with Crippen LogP contribution in [-0.2, 0) is 9.47 Å². The molecule has 1 heterocycles. The lowest BCUT2D eigenvalue weighted by atomic mass is 10.1. The zero-order valence-corrected chi connectivity index (χ0v) is 10.2. The molecule has 1 aliphatic heterocycles. The molecule has 1 N–H and O–H groups in total. The summed E-state index contributed by atoms with van der Waals surface area (Å²) >= 11 is 0. The van der Waals surface area contributed by atoms with E-state index in [1.165, 1.54) is 0 Å². The van der Waals surface area contributed by atoms with Gasteiger partial charge in [0.25, 0.3) is 0 Å². The minimum Gasteiger partial charge on any atom is -0.430 e. The molecule has 1 rings (SSSR count). The molecule has 0 aliphatic carbocycles. The molecule has 0 unspecified atom stereocenters. The van der Waals surface area contributed by atoms with Crippen molar-refractivity contribution in [1.82, 2.24) is 0 Å². The summed E-state index contributed by atoms with van der Waals surface area (Å²) < 4.78 is 9.31. The van der Waals surface area contributed by atoms with Crippen LogP contribution in [0.5, 0.6) is 0 Å². The Kier molecular flexibility index (Phi) is 3.77. The lowest BCUT2D eigenvalue weighted by molar-refractivity contribution is 0.0359. The average Bonchev–Trinajstić information content (AvgIpc) is 2.49. The molecule has 84 valence electrons. The van der Waals surface area contributed by atoms with Gasteiger partial charge in [0.15, 0.2) is 6.10 Å². The van der Waals surface area contributed by atoms with Crippen molar-refractivity contribution in [2.24, 2.45) is 0 Å². The van der Waals surface area contributed by atoms with Crippen LogP contribution in [0.4, 0.5) is 4.79 Å². The molecular weight excluding hydrogens is 212 g/mol. The van der Waals surface area contributed by atoms with E-state index in [0.29, 0.717) is 6.42 Å². The molecule has 0 bridgehead atoms. The van der Waals surface area contributed by atoms with E-state index in [1.54, 1.807) is 0 Å². The van der Waals surface area contributed by atoms with Crippen molar-refractivity contribution in [3.05, 3.63) is 0 Å². The van der Waals surface area contributed by atoms with E-state index in [1.807, 2.05) is 0 Å². The first kappa shape index (κ1) is 12.1. The average molecular weight is 228 g/mol. The van der Waals surface area contributed by atoms with Crippen molar-refractivity contribution in [2.45, 2.75) is 38.3 Å². The summed E-state index contributed by atoms with van der Waals surface area (Å²) in [6, 6.07) is 0. The van der Waals surface area contributed by atoms with Gasteiger partial charge in [0.1, 0.15) is 20.8 Å². The number of hydrogen-bond donors (Lipinski definition) is 1. The van der Waals surface area contributed by atoms with E-state index in [0.717, 1.165) is 0 Å². The number of rotatable bonds is 2. The molecule has 4 nitrogen and oxygen atoms in total.